The highest BCUT2D eigenvalue weighted by Gasteiger charge is 2.56. The highest BCUT2D eigenvalue weighted by atomic mass is 16.6. The quantitative estimate of drug-likeness (QED) is 0.702. The van der Waals surface area contributed by atoms with E-state index in [0.717, 1.165) is 25.7 Å². The van der Waals surface area contributed by atoms with E-state index in [9.17, 15) is 9.59 Å². The zero-order valence-corrected chi connectivity index (χ0v) is 14.6. The molecule has 4 heteroatoms. The van der Waals surface area contributed by atoms with E-state index >= 15 is 0 Å². The van der Waals surface area contributed by atoms with E-state index in [2.05, 4.69) is 13.8 Å². The number of hydrogen-bond acceptors (Lipinski definition) is 4. The third-order valence-corrected chi connectivity index (χ3v) is 5.08. The van der Waals surface area contributed by atoms with Gasteiger partial charge in [0.05, 0.1) is 17.9 Å². The van der Waals surface area contributed by atoms with E-state index in [1.165, 1.54) is 0 Å². The van der Waals surface area contributed by atoms with Crippen molar-refractivity contribution in [2.45, 2.75) is 78.4 Å². The first-order valence-corrected chi connectivity index (χ1v) is 8.65. The maximum absolute atomic E-state index is 12.5. The Morgan fingerprint density at radius 3 is 2.64 bits per heavy atom. The lowest BCUT2D eigenvalue weighted by Crippen LogP contribution is -2.41. The second kappa shape index (κ2) is 6.59. The third kappa shape index (κ3) is 3.82. The molecule has 2 fully saturated rings. The first-order valence-electron chi connectivity index (χ1n) is 8.65. The Bertz CT molecular complexity index is 431. The van der Waals surface area contributed by atoms with E-state index < -0.39 is 0 Å². The molecule has 0 aromatic rings. The molecule has 1 saturated heterocycles. The summed E-state index contributed by atoms with van der Waals surface area (Å²) >= 11 is 0. The molecular formula is C18H30O4. The molecule has 22 heavy (non-hydrogen) atoms. The molecular weight excluding hydrogens is 280 g/mol. The van der Waals surface area contributed by atoms with Crippen molar-refractivity contribution in [3.8, 4) is 0 Å². The first-order chi connectivity index (χ1) is 10.2. The maximum Gasteiger partial charge on any atom is 0.310 e. The molecule has 0 radical (unpaired) electrons. The van der Waals surface area contributed by atoms with Crippen LogP contribution in [-0.4, -0.2) is 23.6 Å². The summed E-state index contributed by atoms with van der Waals surface area (Å²) < 4.78 is 11.1. The van der Waals surface area contributed by atoms with Crippen LogP contribution in [0, 0.1) is 23.7 Å². The standard InChI is InChI=1S/C18H30O4/c1-11(2)7-6-8-13(4)21-17(20)15-12(3)9-18(5)10-14(15)16(19)22-18/h11-15H,6-10H2,1-5H3/t12-,13-,14-,15-,18-/m0/s1. The minimum absolute atomic E-state index is 0.0795. The van der Waals surface area contributed by atoms with Gasteiger partial charge in [0.25, 0.3) is 0 Å². The molecule has 2 aliphatic rings. The molecule has 1 aliphatic heterocycles. The van der Waals surface area contributed by atoms with Crippen molar-refractivity contribution in [3.05, 3.63) is 0 Å². The fourth-order valence-corrected chi connectivity index (χ4v) is 4.06. The second-order valence-electron chi connectivity index (χ2n) is 7.96. The van der Waals surface area contributed by atoms with Crippen molar-refractivity contribution in [1.82, 2.24) is 0 Å². The van der Waals surface area contributed by atoms with Crippen molar-refractivity contribution >= 4 is 11.9 Å². The van der Waals surface area contributed by atoms with Crippen molar-refractivity contribution in [2.24, 2.45) is 23.7 Å². The maximum atomic E-state index is 12.5. The fourth-order valence-electron chi connectivity index (χ4n) is 4.06. The first kappa shape index (κ1) is 17.3. The highest BCUT2D eigenvalue weighted by Crippen LogP contribution is 2.48. The molecule has 0 aromatic carbocycles. The summed E-state index contributed by atoms with van der Waals surface area (Å²) in [5.41, 5.74) is -0.374. The van der Waals surface area contributed by atoms with E-state index in [0.29, 0.717) is 12.3 Å². The van der Waals surface area contributed by atoms with E-state index in [4.69, 9.17) is 9.47 Å². The van der Waals surface area contributed by atoms with Crippen LogP contribution in [0.3, 0.4) is 0 Å². The number of esters is 2. The number of rotatable bonds is 6. The van der Waals surface area contributed by atoms with Crippen LogP contribution in [0.5, 0.6) is 0 Å². The average Bonchev–Trinajstić information content (AvgIpc) is 2.58. The van der Waals surface area contributed by atoms with Crippen molar-refractivity contribution in [2.75, 3.05) is 0 Å². The Balaban J connectivity index is 1.90. The van der Waals surface area contributed by atoms with Crippen molar-refractivity contribution in [1.29, 1.82) is 0 Å². The SMILES string of the molecule is CC(C)CCC[C@H](C)OC(=O)[C@@H]1[C@@H]2C[C@](C)(C[C@@H]1C)OC2=O. The van der Waals surface area contributed by atoms with Gasteiger partial charge in [0.2, 0.25) is 0 Å². The van der Waals surface area contributed by atoms with Crippen LogP contribution in [0.15, 0.2) is 0 Å². The molecule has 1 aliphatic carbocycles. The van der Waals surface area contributed by atoms with Crippen LogP contribution in [0.25, 0.3) is 0 Å². The topological polar surface area (TPSA) is 52.6 Å². The van der Waals surface area contributed by atoms with Gasteiger partial charge in [-0.15, -0.1) is 0 Å². The zero-order valence-electron chi connectivity index (χ0n) is 14.6. The summed E-state index contributed by atoms with van der Waals surface area (Å²) in [5, 5.41) is 0. The lowest BCUT2D eigenvalue weighted by Gasteiger charge is -2.35. The Morgan fingerprint density at radius 2 is 2.00 bits per heavy atom. The molecule has 0 unspecified atom stereocenters. The fraction of sp³-hybridized carbons (Fsp3) is 0.889. The Morgan fingerprint density at radius 1 is 1.32 bits per heavy atom. The van der Waals surface area contributed by atoms with Crippen molar-refractivity contribution in [3.63, 3.8) is 0 Å². The predicted octanol–water partition coefficient (Wildman–Crippen LogP) is 3.72. The number of carbonyl (C=O) groups excluding carboxylic acids is 2. The number of carbonyl (C=O) groups is 2. The molecule has 1 heterocycles. The van der Waals surface area contributed by atoms with Gasteiger partial charge in [0, 0.05) is 6.42 Å². The van der Waals surface area contributed by atoms with Gasteiger partial charge in [-0.05, 0) is 44.9 Å². The largest absolute Gasteiger partial charge is 0.462 e. The molecule has 4 nitrogen and oxygen atoms in total. The monoisotopic (exact) mass is 310 g/mol. The van der Waals surface area contributed by atoms with Gasteiger partial charge < -0.3 is 9.47 Å². The van der Waals surface area contributed by atoms with Gasteiger partial charge >= 0.3 is 11.9 Å². The molecule has 1 saturated carbocycles. The van der Waals surface area contributed by atoms with E-state index in [-0.39, 0.29) is 41.4 Å². The molecule has 2 rings (SSSR count). The number of hydrogen-bond donors (Lipinski definition) is 0. The third-order valence-electron chi connectivity index (χ3n) is 5.08. The summed E-state index contributed by atoms with van der Waals surface area (Å²) in [6.07, 6.45) is 4.42. The lowest BCUT2D eigenvalue weighted by molar-refractivity contribution is -0.161. The van der Waals surface area contributed by atoms with Crippen molar-refractivity contribution < 1.29 is 19.1 Å². The van der Waals surface area contributed by atoms with Crippen LogP contribution in [-0.2, 0) is 19.1 Å². The molecule has 0 aromatic heterocycles. The summed E-state index contributed by atoms with van der Waals surface area (Å²) in [6, 6.07) is 0. The highest BCUT2D eigenvalue weighted by molar-refractivity contribution is 5.84. The lowest BCUT2D eigenvalue weighted by atomic mass is 9.69. The Labute approximate surface area is 133 Å². The average molecular weight is 310 g/mol. The number of fused-ring (bicyclic) bond motifs is 2. The molecule has 0 amide bonds. The summed E-state index contributed by atoms with van der Waals surface area (Å²) in [5.74, 6) is -0.283. The normalized spacial score (nSPS) is 35.4. The minimum atomic E-state index is -0.374. The van der Waals surface area contributed by atoms with Crippen LogP contribution in [0.1, 0.15) is 66.7 Å². The number of ether oxygens (including phenoxy) is 2. The summed E-state index contributed by atoms with van der Waals surface area (Å²) in [6.45, 7) is 10.3. The van der Waals surface area contributed by atoms with Gasteiger partial charge in [0.1, 0.15) is 5.60 Å². The Kier molecular flexibility index (Phi) is 5.18. The van der Waals surface area contributed by atoms with Gasteiger partial charge in [-0.1, -0.05) is 27.2 Å². The van der Waals surface area contributed by atoms with E-state index in [1.54, 1.807) is 0 Å². The van der Waals surface area contributed by atoms with Crippen LogP contribution >= 0.6 is 0 Å². The summed E-state index contributed by atoms with van der Waals surface area (Å²) in [7, 11) is 0. The van der Waals surface area contributed by atoms with Crippen LogP contribution < -0.4 is 0 Å². The molecule has 2 bridgehead atoms. The van der Waals surface area contributed by atoms with Gasteiger partial charge in [0.15, 0.2) is 0 Å². The Hall–Kier alpha value is -1.06. The van der Waals surface area contributed by atoms with E-state index in [1.807, 2.05) is 20.8 Å². The smallest absolute Gasteiger partial charge is 0.310 e. The van der Waals surface area contributed by atoms with Crippen LogP contribution in [0.4, 0.5) is 0 Å². The molecule has 5 atom stereocenters. The minimum Gasteiger partial charge on any atom is -0.462 e. The van der Waals surface area contributed by atoms with Gasteiger partial charge in [-0.3, -0.25) is 9.59 Å². The van der Waals surface area contributed by atoms with Gasteiger partial charge in [-0.2, -0.15) is 0 Å². The van der Waals surface area contributed by atoms with Gasteiger partial charge in [-0.25, -0.2) is 0 Å². The zero-order chi connectivity index (χ0) is 16.5. The second-order valence-corrected chi connectivity index (χ2v) is 7.96. The summed E-state index contributed by atoms with van der Waals surface area (Å²) in [4.78, 5) is 24.5. The molecule has 126 valence electrons. The van der Waals surface area contributed by atoms with Crippen LogP contribution in [0.2, 0.25) is 0 Å². The predicted molar refractivity (Wildman–Crippen MR) is 84.1 cm³/mol. The molecule has 0 spiro atoms. The molecule has 0 N–H and O–H groups in total.